The molecule has 0 bridgehead atoms. The molecule has 2 aliphatic carbocycles. The lowest BCUT2D eigenvalue weighted by Crippen LogP contribution is -2.23. The Kier molecular flexibility index (Phi) is 2.92. The molecular weight excluding hydrogens is 200 g/mol. The molecule has 0 radical (unpaired) electrons. The largest absolute Gasteiger partial charge is 0.196 e. The van der Waals surface area contributed by atoms with Gasteiger partial charge in [-0.2, -0.15) is 20.8 Å². The number of hydrogen-bond donors (Lipinski definition) is 0. The van der Waals surface area contributed by atoms with Crippen molar-refractivity contribution in [2.75, 3.05) is 0 Å². The first-order chi connectivity index (χ1) is 7.74. The zero-order valence-electron chi connectivity index (χ0n) is 9.45. The number of hydrogen-bond acceptors (Lipinski definition) is 4. The molecule has 2 saturated carbocycles. The van der Waals surface area contributed by atoms with Crippen molar-refractivity contribution in [3.8, 4) is 12.1 Å². The van der Waals surface area contributed by atoms with Crippen molar-refractivity contribution >= 4 is 0 Å². The van der Waals surface area contributed by atoms with E-state index in [1.165, 1.54) is 0 Å². The highest BCUT2D eigenvalue weighted by Gasteiger charge is 2.38. The number of rotatable bonds is 2. The Morgan fingerprint density at radius 3 is 1.25 bits per heavy atom. The van der Waals surface area contributed by atoms with Crippen molar-refractivity contribution in [1.29, 1.82) is 10.5 Å². The van der Waals surface area contributed by atoms with Crippen LogP contribution in [0.15, 0.2) is 10.2 Å². The summed E-state index contributed by atoms with van der Waals surface area (Å²) >= 11 is 0. The van der Waals surface area contributed by atoms with E-state index < -0.39 is 11.1 Å². The zero-order valence-corrected chi connectivity index (χ0v) is 9.45. The molecule has 2 rings (SSSR count). The molecule has 16 heavy (non-hydrogen) atoms. The molecule has 2 fully saturated rings. The van der Waals surface area contributed by atoms with Crippen LogP contribution in [-0.2, 0) is 0 Å². The van der Waals surface area contributed by atoms with Crippen molar-refractivity contribution in [3.05, 3.63) is 0 Å². The molecule has 4 nitrogen and oxygen atoms in total. The van der Waals surface area contributed by atoms with Gasteiger partial charge in [0.1, 0.15) is 0 Å². The summed E-state index contributed by atoms with van der Waals surface area (Å²) in [5.74, 6) is 0. The molecule has 0 spiro atoms. The van der Waals surface area contributed by atoms with E-state index in [-0.39, 0.29) is 0 Å². The highest BCUT2D eigenvalue weighted by Crippen LogP contribution is 2.37. The van der Waals surface area contributed by atoms with Crippen molar-refractivity contribution < 1.29 is 0 Å². The summed E-state index contributed by atoms with van der Waals surface area (Å²) in [7, 11) is 0. The van der Waals surface area contributed by atoms with Gasteiger partial charge in [0.25, 0.3) is 0 Å². The monoisotopic (exact) mass is 216 g/mol. The van der Waals surface area contributed by atoms with Gasteiger partial charge in [0.05, 0.1) is 12.1 Å². The molecule has 0 aliphatic heterocycles. The molecule has 4 heteroatoms. The summed E-state index contributed by atoms with van der Waals surface area (Å²) in [6, 6.07) is 4.55. The van der Waals surface area contributed by atoms with Gasteiger partial charge < -0.3 is 0 Å². The second kappa shape index (κ2) is 4.22. The van der Waals surface area contributed by atoms with Crippen LogP contribution in [0.25, 0.3) is 0 Å². The minimum Gasteiger partial charge on any atom is -0.196 e. The normalized spacial score (nSPS) is 26.6. The van der Waals surface area contributed by atoms with E-state index in [0.29, 0.717) is 0 Å². The molecule has 0 N–H and O–H groups in total. The molecule has 0 atom stereocenters. The second-order valence-corrected chi connectivity index (χ2v) is 4.90. The predicted molar refractivity (Wildman–Crippen MR) is 58.5 cm³/mol. The molecular formula is C12H16N4. The molecule has 0 aromatic heterocycles. The quantitative estimate of drug-likeness (QED) is 0.665. The lowest BCUT2D eigenvalue weighted by Gasteiger charge is -2.17. The molecule has 84 valence electrons. The van der Waals surface area contributed by atoms with Crippen molar-refractivity contribution in [2.45, 2.75) is 62.4 Å². The fraction of sp³-hybridized carbons (Fsp3) is 0.833. The Morgan fingerprint density at radius 2 is 1.00 bits per heavy atom. The molecule has 0 amide bonds. The summed E-state index contributed by atoms with van der Waals surface area (Å²) in [5.41, 5.74) is -1.24. The van der Waals surface area contributed by atoms with Gasteiger partial charge in [-0.1, -0.05) is 0 Å². The Morgan fingerprint density at radius 1 is 0.688 bits per heavy atom. The third-order valence-corrected chi connectivity index (χ3v) is 3.71. The van der Waals surface area contributed by atoms with Crippen LogP contribution in [0.3, 0.4) is 0 Å². The highest BCUT2D eigenvalue weighted by molar-refractivity contribution is 5.13. The number of azo groups is 1. The lowest BCUT2D eigenvalue weighted by molar-refractivity contribution is 0.459. The first kappa shape index (κ1) is 11.1. The molecule has 0 unspecified atom stereocenters. The van der Waals surface area contributed by atoms with Gasteiger partial charge in [-0.3, -0.25) is 0 Å². The van der Waals surface area contributed by atoms with Crippen molar-refractivity contribution in [2.24, 2.45) is 10.2 Å². The first-order valence-electron chi connectivity index (χ1n) is 6.01. The molecule has 0 saturated heterocycles. The maximum atomic E-state index is 9.16. The van der Waals surface area contributed by atoms with Gasteiger partial charge in [0, 0.05) is 0 Å². The summed E-state index contributed by atoms with van der Waals surface area (Å²) < 4.78 is 0. The highest BCUT2D eigenvalue weighted by atomic mass is 15.2. The number of nitriles is 2. The first-order valence-corrected chi connectivity index (χ1v) is 6.01. The van der Waals surface area contributed by atoms with Crippen LogP contribution in [0.1, 0.15) is 51.4 Å². The van der Waals surface area contributed by atoms with E-state index in [4.69, 9.17) is 10.5 Å². The summed E-state index contributed by atoms with van der Waals surface area (Å²) in [5, 5.41) is 26.8. The Hall–Kier alpha value is -1.42. The second-order valence-electron chi connectivity index (χ2n) is 4.90. The zero-order chi connectivity index (χ0) is 11.5. The van der Waals surface area contributed by atoms with Crippen LogP contribution in [-0.4, -0.2) is 11.1 Å². The van der Waals surface area contributed by atoms with Gasteiger partial charge in [0.15, 0.2) is 11.1 Å². The minimum atomic E-state index is -0.619. The standard InChI is InChI=1S/C12H16N4/c13-9-11(5-1-2-6-11)15-16-12(10-14)7-3-4-8-12/h1-8H2/b16-15+. The van der Waals surface area contributed by atoms with Crippen LogP contribution in [0.4, 0.5) is 0 Å². The average Bonchev–Trinajstić information content (AvgIpc) is 2.97. The number of nitrogens with zero attached hydrogens (tertiary/aromatic N) is 4. The topological polar surface area (TPSA) is 72.3 Å². The van der Waals surface area contributed by atoms with E-state index in [9.17, 15) is 0 Å². The maximum absolute atomic E-state index is 9.16. The summed E-state index contributed by atoms with van der Waals surface area (Å²) in [6.45, 7) is 0. The SMILES string of the molecule is N#CC1(/N=N/C2(C#N)CCCC2)CCCC1. The van der Waals surface area contributed by atoms with Gasteiger partial charge in [-0.25, -0.2) is 0 Å². The lowest BCUT2D eigenvalue weighted by atomic mass is 10.0. The van der Waals surface area contributed by atoms with Crippen LogP contribution < -0.4 is 0 Å². The predicted octanol–water partition coefficient (Wildman–Crippen LogP) is 3.11. The van der Waals surface area contributed by atoms with Crippen LogP contribution >= 0.6 is 0 Å². The van der Waals surface area contributed by atoms with Crippen LogP contribution in [0, 0.1) is 22.7 Å². The van der Waals surface area contributed by atoms with Gasteiger partial charge in [-0.05, 0) is 51.4 Å². The fourth-order valence-electron chi connectivity index (χ4n) is 2.58. The van der Waals surface area contributed by atoms with E-state index >= 15 is 0 Å². The fourth-order valence-corrected chi connectivity index (χ4v) is 2.58. The minimum absolute atomic E-state index is 0.619. The Balaban J connectivity index is 2.14. The van der Waals surface area contributed by atoms with E-state index in [2.05, 4.69) is 22.4 Å². The summed E-state index contributed by atoms with van der Waals surface area (Å²) in [6.07, 6.45) is 7.39. The Bertz CT molecular complexity index is 323. The van der Waals surface area contributed by atoms with E-state index in [1.54, 1.807) is 0 Å². The third kappa shape index (κ3) is 1.93. The maximum Gasteiger partial charge on any atom is 0.167 e. The van der Waals surface area contributed by atoms with Gasteiger partial charge >= 0.3 is 0 Å². The smallest absolute Gasteiger partial charge is 0.167 e. The van der Waals surface area contributed by atoms with Crippen LogP contribution in [0.2, 0.25) is 0 Å². The molecule has 2 aliphatic rings. The molecule has 0 heterocycles. The Labute approximate surface area is 96.0 Å². The van der Waals surface area contributed by atoms with Crippen molar-refractivity contribution in [1.82, 2.24) is 0 Å². The molecule has 0 aromatic carbocycles. The van der Waals surface area contributed by atoms with E-state index in [0.717, 1.165) is 51.4 Å². The van der Waals surface area contributed by atoms with Gasteiger partial charge in [-0.15, -0.1) is 0 Å². The third-order valence-electron chi connectivity index (χ3n) is 3.71. The molecule has 0 aromatic rings. The van der Waals surface area contributed by atoms with E-state index in [1.807, 2.05) is 0 Å². The van der Waals surface area contributed by atoms with Crippen LogP contribution in [0.5, 0.6) is 0 Å². The van der Waals surface area contributed by atoms with Gasteiger partial charge in [0.2, 0.25) is 0 Å². The average molecular weight is 216 g/mol. The van der Waals surface area contributed by atoms with Crippen molar-refractivity contribution in [3.63, 3.8) is 0 Å². The summed E-state index contributed by atoms with van der Waals surface area (Å²) in [4.78, 5) is 0.